The molecule has 3 unspecified atom stereocenters. The van der Waals surface area contributed by atoms with Crippen LogP contribution in [0.5, 0.6) is 0 Å². The van der Waals surface area contributed by atoms with E-state index in [9.17, 15) is 9.59 Å². The first kappa shape index (κ1) is 24.2. The minimum atomic E-state index is -0.582. The van der Waals surface area contributed by atoms with Gasteiger partial charge in [0, 0.05) is 24.8 Å². The van der Waals surface area contributed by atoms with Crippen LogP contribution >= 0.6 is 0 Å². The zero-order chi connectivity index (χ0) is 19.5. The van der Waals surface area contributed by atoms with E-state index in [2.05, 4.69) is 21.1 Å². The summed E-state index contributed by atoms with van der Waals surface area (Å²) in [5.41, 5.74) is -0.582. The first-order valence-corrected chi connectivity index (χ1v) is 10.0. The van der Waals surface area contributed by atoms with E-state index in [0.717, 1.165) is 36.7 Å². The molecule has 2 rings (SSSR count). The summed E-state index contributed by atoms with van der Waals surface area (Å²) in [6, 6.07) is 0. The molecule has 2 fully saturated rings. The monoisotopic (exact) mass is 404 g/mol. The van der Waals surface area contributed by atoms with Crippen molar-refractivity contribution in [2.75, 3.05) is 34.3 Å². The van der Waals surface area contributed by atoms with E-state index >= 15 is 0 Å². The van der Waals surface area contributed by atoms with Crippen LogP contribution in [0, 0.1) is 11.3 Å². The maximum absolute atomic E-state index is 13.1. The van der Waals surface area contributed by atoms with E-state index in [4.69, 9.17) is 9.47 Å². The van der Waals surface area contributed by atoms with Crippen molar-refractivity contribution in [2.45, 2.75) is 71.8 Å². The highest BCUT2D eigenvalue weighted by atomic mass is 35.5. The molecule has 0 aromatic carbocycles. The minimum Gasteiger partial charge on any atom is -1.00 e. The van der Waals surface area contributed by atoms with E-state index in [1.807, 2.05) is 25.7 Å². The van der Waals surface area contributed by atoms with Crippen molar-refractivity contribution in [3.63, 3.8) is 0 Å². The second-order valence-electron chi connectivity index (χ2n) is 9.31. The molecule has 158 valence electrons. The maximum atomic E-state index is 13.1. The maximum Gasteiger partial charge on any atom is 0.311 e. The van der Waals surface area contributed by atoms with Crippen LogP contribution in [-0.4, -0.2) is 68.0 Å². The van der Waals surface area contributed by atoms with E-state index < -0.39 is 11.7 Å². The lowest BCUT2D eigenvalue weighted by Crippen LogP contribution is -3.00. The van der Waals surface area contributed by atoms with Crippen LogP contribution in [0.1, 0.15) is 59.3 Å². The van der Waals surface area contributed by atoms with E-state index in [-0.39, 0.29) is 36.4 Å². The third-order valence-electron chi connectivity index (χ3n) is 5.69. The summed E-state index contributed by atoms with van der Waals surface area (Å²) in [5.74, 6) is -0.364. The van der Waals surface area contributed by atoms with E-state index in [1.54, 1.807) is 0 Å². The number of rotatable bonds is 7. The summed E-state index contributed by atoms with van der Waals surface area (Å²) in [6.45, 7) is 7.34. The number of nitrogens with zero attached hydrogens (tertiary/aromatic N) is 2. The van der Waals surface area contributed by atoms with Gasteiger partial charge < -0.3 is 26.4 Å². The number of likely N-dealkylation sites (tertiary alicyclic amines) is 1. The summed E-state index contributed by atoms with van der Waals surface area (Å²) in [6.07, 6.45) is 4.84. The Morgan fingerprint density at radius 2 is 1.89 bits per heavy atom. The zero-order valence-corrected chi connectivity index (χ0v) is 18.6. The number of amides is 1. The minimum absolute atomic E-state index is 0. The number of quaternary nitrogens is 1. The van der Waals surface area contributed by atoms with Gasteiger partial charge in [-0.15, -0.1) is 0 Å². The van der Waals surface area contributed by atoms with Gasteiger partial charge in [-0.25, -0.2) is 0 Å². The highest BCUT2D eigenvalue weighted by Gasteiger charge is 2.47. The van der Waals surface area contributed by atoms with Crippen molar-refractivity contribution in [1.82, 2.24) is 4.90 Å². The number of ether oxygens (including phenoxy) is 2. The summed E-state index contributed by atoms with van der Waals surface area (Å²) in [5, 5.41) is 0. The van der Waals surface area contributed by atoms with Crippen LogP contribution in [-0.2, 0) is 19.1 Å². The Kier molecular flexibility index (Phi) is 8.57. The molecule has 0 spiro atoms. The Labute approximate surface area is 170 Å². The number of esters is 1. The third kappa shape index (κ3) is 6.06. The Bertz CT molecular complexity index is 513. The highest BCUT2D eigenvalue weighted by molar-refractivity contribution is 5.84. The number of hydrogen-bond acceptors (Lipinski definition) is 4. The van der Waals surface area contributed by atoms with E-state index in [0.29, 0.717) is 19.4 Å². The number of hydrogen-bond donors (Lipinski definition) is 0. The van der Waals surface area contributed by atoms with Gasteiger partial charge in [-0.3, -0.25) is 14.5 Å². The summed E-state index contributed by atoms with van der Waals surface area (Å²) < 4.78 is 11.8. The standard InChI is InChI=1S/C20H37N2O4.ClH/c1-7-15(18(23)26-17-10-8-9-13-25-17)14-20(2,3)19(24)21-12-11-16(21)22(4,5)6;/h15-17H,7-14H2,1-6H3;1H/q+1;/p-1. The topological polar surface area (TPSA) is 55.8 Å². The Morgan fingerprint density at radius 1 is 1.22 bits per heavy atom. The third-order valence-corrected chi connectivity index (χ3v) is 5.69. The summed E-state index contributed by atoms with van der Waals surface area (Å²) >= 11 is 0. The average Bonchev–Trinajstić information content (AvgIpc) is 2.50. The smallest absolute Gasteiger partial charge is 0.311 e. The lowest BCUT2D eigenvalue weighted by atomic mass is 9.79. The van der Waals surface area contributed by atoms with Gasteiger partial charge in [-0.2, -0.15) is 0 Å². The number of halogens is 1. The predicted molar refractivity (Wildman–Crippen MR) is 100 cm³/mol. The SMILES string of the molecule is CCC(CC(C)(C)C(=O)N1CCC1[N+](C)(C)C)C(=O)OC1CCCCO1.[Cl-]. The molecule has 0 aromatic heterocycles. The van der Waals surface area contributed by atoms with Crippen molar-refractivity contribution in [3.8, 4) is 0 Å². The van der Waals surface area contributed by atoms with Crippen molar-refractivity contribution >= 4 is 11.9 Å². The van der Waals surface area contributed by atoms with Gasteiger partial charge in [0.2, 0.25) is 12.2 Å². The molecule has 2 aliphatic rings. The van der Waals surface area contributed by atoms with Gasteiger partial charge in [0.05, 0.1) is 33.7 Å². The van der Waals surface area contributed by atoms with Crippen LogP contribution in [0.25, 0.3) is 0 Å². The van der Waals surface area contributed by atoms with Crippen LogP contribution in [0.15, 0.2) is 0 Å². The molecule has 2 saturated heterocycles. The lowest BCUT2D eigenvalue weighted by molar-refractivity contribution is -0.913. The highest BCUT2D eigenvalue weighted by Crippen LogP contribution is 2.35. The van der Waals surface area contributed by atoms with Crippen LogP contribution < -0.4 is 12.4 Å². The molecular formula is C20H37ClN2O4. The summed E-state index contributed by atoms with van der Waals surface area (Å²) in [7, 11) is 6.36. The first-order valence-electron chi connectivity index (χ1n) is 10.0. The largest absolute Gasteiger partial charge is 1.00 e. The molecule has 1 amide bonds. The molecule has 0 bridgehead atoms. The van der Waals surface area contributed by atoms with Crippen LogP contribution in [0.2, 0.25) is 0 Å². The van der Waals surface area contributed by atoms with Crippen molar-refractivity contribution < 1.29 is 36.0 Å². The van der Waals surface area contributed by atoms with Gasteiger partial charge in [0.1, 0.15) is 0 Å². The lowest BCUT2D eigenvalue weighted by Gasteiger charge is -2.50. The molecule has 0 aliphatic carbocycles. The van der Waals surface area contributed by atoms with Crippen LogP contribution in [0.3, 0.4) is 0 Å². The fourth-order valence-corrected chi connectivity index (χ4v) is 3.93. The molecule has 2 aliphatic heterocycles. The molecule has 2 heterocycles. The average molecular weight is 405 g/mol. The van der Waals surface area contributed by atoms with E-state index in [1.165, 1.54) is 0 Å². The van der Waals surface area contributed by atoms with Gasteiger partial charge in [-0.05, 0) is 25.7 Å². The predicted octanol–water partition coefficient (Wildman–Crippen LogP) is -0.233. The van der Waals surface area contributed by atoms with Gasteiger partial charge >= 0.3 is 5.97 Å². The normalized spacial score (nSPS) is 24.4. The molecule has 0 N–H and O–H groups in total. The van der Waals surface area contributed by atoms with Crippen molar-refractivity contribution in [2.24, 2.45) is 11.3 Å². The molecule has 6 nitrogen and oxygen atoms in total. The number of carbonyl (C=O) groups excluding carboxylic acids is 2. The second kappa shape index (κ2) is 9.57. The summed E-state index contributed by atoms with van der Waals surface area (Å²) in [4.78, 5) is 27.7. The quantitative estimate of drug-likeness (QED) is 0.434. The molecule has 7 heteroatoms. The Balaban J connectivity index is 0.00000364. The molecular weight excluding hydrogens is 368 g/mol. The number of carbonyl (C=O) groups is 2. The second-order valence-corrected chi connectivity index (χ2v) is 9.31. The molecule has 0 aromatic rings. The van der Waals surface area contributed by atoms with Crippen molar-refractivity contribution in [1.29, 1.82) is 0 Å². The van der Waals surface area contributed by atoms with Gasteiger partial charge in [0.25, 0.3) is 0 Å². The fraction of sp³-hybridized carbons (Fsp3) is 0.900. The zero-order valence-electron chi connectivity index (χ0n) is 17.8. The Morgan fingerprint density at radius 3 is 2.33 bits per heavy atom. The molecule has 3 atom stereocenters. The van der Waals surface area contributed by atoms with Crippen LogP contribution in [0.4, 0.5) is 0 Å². The fourth-order valence-electron chi connectivity index (χ4n) is 3.93. The molecule has 27 heavy (non-hydrogen) atoms. The van der Waals surface area contributed by atoms with Crippen molar-refractivity contribution in [3.05, 3.63) is 0 Å². The van der Waals surface area contributed by atoms with Gasteiger partial charge in [-0.1, -0.05) is 20.8 Å². The molecule has 0 radical (unpaired) electrons. The molecule has 0 saturated carbocycles. The first-order chi connectivity index (χ1) is 12.1. The Hall–Kier alpha value is -0.850. The van der Waals surface area contributed by atoms with Gasteiger partial charge in [0.15, 0.2) is 6.17 Å².